The third-order valence-electron chi connectivity index (χ3n) is 4.01. The summed E-state index contributed by atoms with van der Waals surface area (Å²) in [5.74, 6) is 0. The van der Waals surface area contributed by atoms with Gasteiger partial charge in [-0.05, 0) is 44.9 Å². The molecule has 15 heavy (non-hydrogen) atoms. The lowest BCUT2D eigenvalue weighted by Gasteiger charge is -2.39. The third-order valence-corrected chi connectivity index (χ3v) is 4.01. The minimum absolute atomic E-state index is 0.377. The molecule has 0 heterocycles. The lowest BCUT2D eigenvalue weighted by Crippen LogP contribution is -2.49. The zero-order chi connectivity index (χ0) is 10.7. The Hall–Kier alpha value is -0.120. The fourth-order valence-corrected chi connectivity index (χ4v) is 2.60. The Morgan fingerprint density at radius 1 is 1.27 bits per heavy atom. The Morgan fingerprint density at radius 2 is 1.93 bits per heavy atom. The molecule has 2 rings (SSSR count). The van der Waals surface area contributed by atoms with Gasteiger partial charge in [0.15, 0.2) is 0 Å². The molecule has 0 amide bonds. The van der Waals surface area contributed by atoms with Crippen LogP contribution in [0.15, 0.2) is 0 Å². The van der Waals surface area contributed by atoms with E-state index in [1.807, 2.05) is 0 Å². The van der Waals surface area contributed by atoms with Crippen molar-refractivity contribution in [1.29, 1.82) is 0 Å². The number of ether oxygens (including phenoxy) is 1. The van der Waals surface area contributed by atoms with E-state index in [9.17, 15) is 5.11 Å². The van der Waals surface area contributed by atoms with E-state index in [0.717, 1.165) is 32.2 Å². The summed E-state index contributed by atoms with van der Waals surface area (Å²) in [6.07, 6.45) is 8.31. The Bertz CT molecular complexity index is 196. The first-order valence-electron chi connectivity index (χ1n) is 6.20. The zero-order valence-electron chi connectivity index (χ0n) is 9.67. The Labute approximate surface area is 92.2 Å². The van der Waals surface area contributed by atoms with E-state index in [1.165, 1.54) is 19.3 Å². The number of methoxy groups -OCH3 is 1. The fourth-order valence-electron chi connectivity index (χ4n) is 2.60. The number of aliphatic hydroxyl groups is 1. The first kappa shape index (κ1) is 11.4. The summed E-state index contributed by atoms with van der Waals surface area (Å²) in [5, 5.41) is 13.5. The van der Waals surface area contributed by atoms with Crippen molar-refractivity contribution in [2.75, 3.05) is 13.7 Å². The number of hydrogen-bond donors (Lipinski definition) is 2. The highest BCUT2D eigenvalue weighted by molar-refractivity contribution is 4.91. The van der Waals surface area contributed by atoms with Crippen LogP contribution in [-0.4, -0.2) is 36.5 Å². The van der Waals surface area contributed by atoms with Crippen molar-refractivity contribution >= 4 is 0 Å². The quantitative estimate of drug-likeness (QED) is 0.742. The van der Waals surface area contributed by atoms with Crippen LogP contribution in [0, 0.1) is 0 Å². The molecule has 2 N–H and O–H groups in total. The van der Waals surface area contributed by atoms with Crippen LogP contribution in [-0.2, 0) is 4.74 Å². The lowest BCUT2D eigenvalue weighted by atomic mass is 9.80. The molecule has 2 fully saturated rings. The van der Waals surface area contributed by atoms with Crippen molar-refractivity contribution < 1.29 is 9.84 Å². The van der Waals surface area contributed by atoms with Gasteiger partial charge in [-0.1, -0.05) is 0 Å². The van der Waals surface area contributed by atoms with E-state index >= 15 is 0 Å². The highest BCUT2D eigenvalue weighted by atomic mass is 16.5. The van der Waals surface area contributed by atoms with Crippen molar-refractivity contribution in [3.63, 3.8) is 0 Å². The van der Waals surface area contributed by atoms with Gasteiger partial charge in [-0.3, -0.25) is 0 Å². The van der Waals surface area contributed by atoms with Crippen molar-refractivity contribution in [2.24, 2.45) is 0 Å². The average molecular weight is 213 g/mol. The molecule has 0 unspecified atom stereocenters. The van der Waals surface area contributed by atoms with Crippen molar-refractivity contribution in [3.8, 4) is 0 Å². The minimum atomic E-state index is -0.377. The van der Waals surface area contributed by atoms with Crippen LogP contribution >= 0.6 is 0 Å². The topological polar surface area (TPSA) is 41.5 Å². The smallest absolute Gasteiger partial charge is 0.0771 e. The molecular formula is C12H23NO2. The molecule has 0 aromatic rings. The van der Waals surface area contributed by atoms with Crippen molar-refractivity contribution in [3.05, 3.63) is 0 Å². The summed E-state index contributed by atoms with van der Waals surface area (Å²) >= 11 is 0. The van der Waals surface area contributed by atoms with E-state index in [0.29, 0.717) is 12.1 Å². The summed E-state index contributed by atoms with van der Waals surface area (Å²) < 4.78 is 5.34. The molecule has 2 aliphatic rings. The number of hydrogen-bond acceptors (Lipinski definition) is 3. The van der Waals surface area contributed by atoms with E-state index in [1.54, 1.807) is 7.11 Å². The second-order valence-corrected chi connectivity index (χ2v) is 5.17. The molecule has 2 aliphatic carbocycles. The SMILES string of the molecule is COC1CCC(NCC2(O)CCC2)CC1. The van der Waals surface area contributed by atoms with Crippen LogP contribution in [0.3, 0.4) is 0 Å². The highest BCUT2D eigenvalue weighted by Crippen LogP contribution is 2.31. The molecule has 3 nitrogen and oxygen atoms in total. The standard InChI is InChI=1S/C12H23NO2/c1-15-11-5-3-10(4-6-11)13-9-12(14)7-2-8-12/h10-11,13-14H,2-9H2,1H3. The van der Waals surface area contributed by atoms with Gasteiger partial charge in [-0.25, -0.2) is 0 Å². The average Bonchev–Trinajstić information content (AvgIpc) is 2.24. The molecule has 0 atom stereocenters. The van der Waals surface area contributed by atoms with Gasteiger partial charge in [0.1, 0.15) is 0 Å². The summed E-state index contributed by atoms with van der Waals surface area (Å²) in [6, 6.07) is 0.598. The zero-order valence-corrected chi connectivity index (χ0v) is 9.67. The van der Waals surface area contributed by atoms with Crippen LogP contribution in [0.5, 0.6) is 0 Å². The van der Waals surface area contributed by atoms with E-state index in [2.05, 4.69) is 5.32 Å². The number of nitrogens with one attached hydrogen (secondary N) is 1. The van der Waals surface area contributed by atoms with Crippen LogP contribution in [0.4, 0.5) is 0 Å². The van der Waals surface area contributed by atoms with E-state index in [4.69, 9.17) is 4.74 Å². The number of rotatable bonds is 4. The molecule has 0 bridgehead atoms. The maximum absolute atomic E-state index is 9.95. The molecule has 0 aromatic heterocycles. The van der Waals surface area contributed by atoms with Crippen LogP contribution in [0.2, 0.25) is 0 Å². The van der Waals surface area contributed by atoms with E-state index < -0.39 is 0 Å². The Balaban J connectivity index is 1.64. The van der Waals surface area contributed by atoms with Gasteiger partial charge in [-0.15, -0.1) is 0 Å². The summed E-state index contributed by atoms with van der Waals surface area (Å²) in [5.41, 5.74) is -0.377. The molecule has 0 radical (unpaired) electrons. The monoisotopic (exact) mass is 213 g/mol. The van der Waals surface area contributed by atoms with Gasteiger partial charge in [0, 0.05) is 19.7 Å². The van der Waals surface area contributed by atoms with Gasteiger partial charge in [-0.2, -0.15) is 0 Å². The maximum atomic E-state index is 9.95. The summed E-state index contributed by atoms with van der Waals surface area (Å²) in [4.78, 5) is 0. The molecule has 0 aromatic carbocycles. The third kappa shape index (κ3) is 2.92. The molecule has 0 spiro atoms. The summed E-state index contributed by atoms with van der Waals surface area (Å²) in [7, 11) is 1.80. The maximum Gasteiger partial charge on any atom is 0.0771 e. The van der Waals surface area contributed by atoms with Gasteiger partial charge >= 0.3 is 0 Å². The first-order valence-corrected chi connectivity index (χ1v) is 6.20. The predicted molar refractivity (Wildman–Crippen MR) is 59.9 cm³/mol. The molecular weight excluding hydrogens is 190 g/mol. The Kier molecular flexibility index (Phi) is 3.65. The molecule has 0 saturated heterocycles. The largest absolute Gasteiger partial charge is 0.389 e. The van der Waals surface area contributed by atoms with Crippen molar-refractivity contribution in [2.45, 2.75) is 62.7 Å². The van der Waals surface area contributed by atoms with Crippen molar-refractivity contribution in [1.82, 2.24) is 5.32 Å². The van der Waals surface area contributed by atoms with Crippen LogP contribution in [0.1, 0.15) is 44.9 Å². The van der Waals surface area contributed by atoms with Gasteiger partial charge in [0.25, 0.3) is 0 Å². The van der Waals surface area contributed by atoms with Gasteiger partial charge in [0.05, 0.1) is 11.7 Å². The normalized spacial score (nSPS) is 34.8. The highest BCUT2D eigenvalue weighted by Gasteiger charge is 2.34. The second kappa shape index (κ2) is 4.81. The minimum Gasteiger partial charge on any atom is -0.389 e. The molecule has 2 saturated carbocycles. The first-order chi connectivity index (χ1) is 7.22. The molecule has 88 valence electrons. The molecule has 3 heteroatoms. The van der Waals surface area contributed by atoms with E-state index in [-0.39, 0.29) is 5.60 Å². The van der Waals surface area contributed by atoms with Gasteiger partial charge < -0.3 is 15.2 Å². The van der Waals surface area contributed by atoms with Crippen LogP contribution in [0.25, 0.3) is 0 Å². The van der Waals surface area contributed by atoms with Gasteiger partial charge in [0.2, 0.25) is 0 Å². The Morgan fingerprint density at radius 3 is 2.40 bits per heavy atom. The lowest BCUT2D eigenvalue weighted by molar-refractivity contribution is -0.0353. The predicted octanol–water partition coefficient (Wildman–Crippen LogP) is 1.45. The summed E-state index contributed by atoms with van der Waals surface area (Å²) in [6.45, 7) is 0.787. The molecule has 0 aliphatic heterocycles. The second-order valence-electron chi connectivity index (χ2n) is 5.17. The fraction of sp³-hybridized carbons (Fsp3) is 1.00. The van der Waals surface area contributed by atoms with Crippen LogP contribution < -0.4 is 5.32 Å².